The number of hydrogen-bond acceptors (Lipinski definition) is 2. The van der Waals surface area contributed by atoms with Gasteiger partial charge in [-0.1, -0.05) is 24.9 Å². The van der Waals surface area contributed by atoms with Crippen molar-refractivity contribution >= 4 is 40.4 Å². The second-order valence-electron chi connectivity index (χ2n) is 3.94. The summed E-state index contributed by atoms with van der Waals surface area (Å²) in [5.74, 6) is 1.01. The first kappa shape index (κ1) is 14.8. The maximum atomic E-state index is 11.8. The lowest BCUT2D eigenvalue weighted by atomic mass is 10.0. The van der Waals surface area contributed by atoms with Crippen molar-refractivity contribution in [2.45, 2.75) is 26.2 Å². The molecular weight excluding hydrogens is 277 g/mol. The van der Waals surface area contributed by atoms with Gasteiger partial charge in [0.05, 0.1) is 5.02 Å². The predicted octanol–water partition coefficient (Wildman–Crippen LogP) is 4.18. The van der Waals surface area contributed by atoms with Gasteiger partial charge < -0.3 is 5.32 Å². The van der Waals surface area contributed by atoms with Gasteiger partial charge in [-0.25, -0.2) is 0 Å². The van der Waals surface area contributed by atoms with Crippen LogP contribution < -0.4 is 5.32 Å². The molecule has 0 bridgehead atoms. The molecule has 0 aromatic carbocycles. The lowest BCUT2D eigenvalue weighted by Crippen LogP contribution is -2.29. The highest BCUT2D eigenvalue weighted by molar-refractivity contribution is 7.12. The van der Waals surface area contributed by atoms with Crippen LogP contribution in [-0.2, 0) is 0 Å². The molecule has 1 amide bonds. The summed E-state index contributed by atoms with van der Waals surface area (Å²) in [5, 5.41) is 5.27. The topological polar surface area (TPSA) is 29.1 Å². The van der Waals surface area contributed by atoms with Crippen molar-refractivity contribution < 1.29 is 4.79 Å². The Morgan fingerprint density at radius 2 is 2.29 bits per heavy atom. The van der Waals surface area contributed by atoms with Gasteiger partial charge >= 0.3 is 0 Å². The Labute approximate surface area is 116 Å². The molecule has 1 heterocycles. The Kier molecular flexibility index (Phi) is 6.93. The zero-order valence-electron chi connectivity index (χ0n) is 9.84. The fraction of sp³-hybridized carbons (Fsp3) is 0.583. The molecule has 0 aliphatic carbocycles. The summed E-state index contributed by atoms with van der Waals surface area (Å²) in [5.41, 5.74) is 0. The highest BCUT2D eigenvalue weighted by Crippen LogP contribution is 2.21. The Morgan fingerprint density at radius 1 is 1.53 bits per heavy atom. The third kappa shape index (κ3) is 4.86. The van der Waals surface area contributed by atoms with Crippen LogP contribution in [-0.4, -0.2) is 18.3 Å². The molecule has 0 saturated heterocycles. The number of carbonyl (C=O) groups excluding carboxylic acids is 1. The fourth-order valence-corrected chi connectivity index (χ4v) is 3.05. The van der Waals surface area contributed by atoms with Gasteiger partial charge in [0.1, 0.15) is 4.88 Å². The van der Waals surface area contributed by atoms with Crippen molar-refractivity contribution in [1.82, 2.24) is 5.32 Å². The highest BCUT2D eigenvalue weighted by Gasteiger charge is 2.14. The molecule has 0 radical (unpaired) electrons. The number of thiophene rings is 1. The summed E-state index contributed by atoms with van der Waals surface area (Å²) >= 11 is 13.0. The molecule has 1 rings (SSSR count). The average Bonchev–Trinajstić information content (AvgIpc) is 2.72. The standard InChI is InChI=1S/C12H17Cl2NOS/c1-2-3-9(4-6-13)8-15-12(16)11-10(14)5-7-17-11/h5,7,9H,2-4,6,8H2,1H3,(H,15,16). The van der Waals surface area contributed by atoms with Crippen LogP contribution in [0, 0.1) is 5.92 Å². The molecule has 5 heteroatoms. The van der Waals surface area contributed by atoms with Crippen molar-refractivity contribution in [3.05, 3.63) is 21.3 Å². The summed E-state index contributed by atoms with van der Waals surface area (Å²) in [7, 11) is 0. The van der Waals surface area contributed by atoms with Crippen LogP contribution in [0.1, 0.15) is 35.9 Å². The number of rotatable bonds is 7. The molecule has 17 heavy (non-hydrogen) atoms. The van der Waals surface area contributed by atoms with Crippen molar-refractivity contribution in [3.8, 4) is 0 Å². The van der Waals surface area contributed by atoms with Crippen LogP contribution in [0.15, 0.2) is 11.4 Å². The normalized spacial score (nSPS) is 12.4. The summed E-state index contributed by atoms with van der Waals surface area (Å²) in [4.78, 5) is 12.4. The third-order valence-corrected chi connectivity index (χ3v) is 4.15. The van der Waals surface area contributed by atoms with Crippen molar-refractivity contribution in [1.29, 1.82) is 0 Å². The van der Waals surface area contributed by atoms with E-state index >= 15 is 0 Å². The van der Waals surface area contributed by atoms with Crippen LogP contribution in [0.5, 0.6) is 0 Å². The summed E-state index contributed by atoms with van der Waals surface area (Å²) < 4.78 is 0. The zero-order chi connectivity index (χ0) is 12.7. The molecule has 0 aliphatic rings. The van der Waals surface area contributed by atoms with E-state index in [0.29, 0.717) is 28.2 Å². The van der Waals surface area contributed by atoms with Crippen LogP contribution >= 0.6 is 34.5 Å². The molecular formula is C12H17Cl2NOS. The van der Waals surface area contributed by atoms with Gasteiger partial charge in [0.15, 0.2) is 0 Å². The number of nitrogens with one attached hydrogen (secondary N) is 1. The fourth-order valence-electron chi connectivity index (χ4n) is 1.68. The van der Waals surface area contributed by atoms with E-state index in [-0.39, 0.29) is 5.91 Å². The van der Waals surface area contributed by atoms with E-state index in [1.54, 1.807) is 6.07 Å². The van der Waals surface area contributed by atoms with Crippen molar-refractivity contribution in [3.63, 3.8) is 0 Å². The van der Waals surface area contributed by atoms with Crippen LogP contribution in [0.3, 0.4) is 0 Å². The predicted molar refractivity (Wildman–Crippen MR) is 75.4 cm³/mol. The third-order valence-electron chi connectivity index (χ3n) is 2.59. The van der Waals surface area contributed by atoms with Gasteiger partial charge in [-0.3, -0.25) is 4.79 Å². The Morgan fingerprint density at radius 3 is 2.82 bits per heavy atom. The minimum absolute atomic E-state index is 0.0827. The van der Waals surface area contributed by atoms with Gasteiger partial charge in [0, 0.05) is 12.4 Å². The molecule has 1 unspecified atom stereocenters. The quantitative estimate of drug-likeness (QED) is 0.751. The lowest BCUT2D eigenvalue weighted by Gasteiger charge is -2.15. The lowest BCUT2D eigenvalue weighted by molar-refractivity contribution is 0.0950. The van der Waals surface area contributed by atoms with Crippen LogP contribution in [0.4, 0.5) is 0 Å². The molecule has 1 aromatic heterocycles. The average molecular weight is 294 g/mol. The largest absolute Gasteiger partial charge is 0.351 e. The van der Waals surface area contributed by atoms with Gasteiger partial charge in [-0.05, 0) is 30.2 Å². The first-order chi connectivity index (χ1) is 8.19. The van der Waals surface area contributed by atoms with E-state index < -0.39 is 0 Å². The first-order valence-corrected chi connectivity index (χ1v) is 7.55. The minimum Gasteiger partial charge on any atom is -0.351 e. The number of hydrogen-bond donors (Lipinski definition) is 1. The number of halogens is 2. The monoisotopic (exact) mass is 293 g/mol. The van der Waals surface area contributed by atoms with E-state index in [0.717, 1.165) is 19.3 Å². The summed E-state index contributed by atoms with van der Waals surface area (Å²) in [6, 6.07) is 1.74. The van der Waals surface area contributed by atoms with E-state index in [2.05, 4.69) is 12.2 Å². The molecule has 0 aliphatic heterocycles. The molecule has 0 spiro atoms. The van der Waals surface area contributed by atoms with Gasteiger partial charge in [0.25, 0.3) is 5.91 Å². The molecule has 1 aromatic rings. The van der Waals surface area contributed by atoms with Crippen LogP contribution in [0.25, 0.3) is 0 Å². The molecule has 1 N–H and O–H groups in total. The molecule has 0 fully saturated rings. The Balaban J connectivity index is 2.43. The first-order valence-electron chi connectivity index (χ1n) is 5.76. The second kappa shape index (κ2) is 7.96. The summed E-state index contributed by atoms with van der Waals surface area (Å²) in [6.45, 7) is 2.81. The van der Waals surface area contributed by atoms with E-state index in [1.165, 1.54) is 11.3 Å². The second-order valence-corrected chi connectivity index (χ2v) is 5.64. The molecule has 2 nitrogen and oxygen atoms in total. The Hall–Kier alpha value is -0.250. The molecule has 1 atom stereocenters. The van der Waals surface area contributed by atoms with E-state index in [9.17, 15) is 4.79 Å². The maximum absolute atomic E-state index is 11.8. The van der Waals surface area contributed by atoms with Crippen molar-refractivity contribution in [2.75, 3.05) is 12.4 Å². The smallest absolute Gasteiger partial charge is 0.262 e. The Bertz CT molecular complexity index is 348. The SMILES string of the molecule is CCCC(CCCl)CNC(=O)c1sccc1Cl. The number of carbonyl (C=O) groups is 1. The zero-order valence-corrected chi connectivity index (χ0v) is 12.2. The number of alkyl halides is 1. The van der Waals surface area contributed by atoms with Gasteiger partial charge in [0.2, 0.25) is 0 Å². The highest BCUT2D eigenvalue weighted by atomic mass is 35.5. The van der Waals surface area contributed by atoms with E-state index in [4.69, 9.17) is 23.2 Å². The maximum Gasteiger partial charge on any atom is 0.262 e. The minimum atomic E-state index is -0.0827. The molecule has 0 saturated carbocycles. The van der Waals surface area contributed by atoms with E-state index in [1.807, 2.05) is 5.38 Å². The molecule has 96 valence electrons. The number of amides is 1. The van der Waals surface area contributed by atoms with Gasteiger partial charge in [-0.2, -0.15) is 0 Å². The summed E-state index contributed by atoms with van der Waals surface area (Å²) in [6.07, 6.45) is 3.14. The van der Waals surface area contributed by atoms with Crippen molar-refractivity contribution in [2.24, 2.45) is 5.92 Å². The van der Waals surface area contributed by atoms with Gasteiger partial charge in [-0.15, -0.1) is 22.9 Å². The van der Waals surface area contributed by atoms with Crippen LogP contribution in [0.2, 0.25) is 5.02 Å².